The smallest absolute Gasteiger partial charge is 0.336 e. The van der Waals surface area contributed by atoms with Crippen molar-refractivity contribution < 1.29 is 19.4 Å². The summed E-state index contributed by atoms with van der Waals surface area (Å²) in [6, 6.07) is 14.9. The predicted octanol–water partition coefficient (Wildman–Crippen LogP) is 4.33. The van der Waals surface area contributed by atoms with Crippen LogP contribution in [0.4, 0.5) is 0 Å². The number of hydrogen-bond donors (Lipinski definition) is 1. The largest absolute Gasteiger partial charge is 0.478 e. The Morgan fingerprint density at radius 1 is 1.04 bits per heavy atom. The predicted molar refractivity (Wildman–Crippen MR) is 97.5 cm³/mol. The summed E-state index contributed by atoms with van der Waals surface area (Å²) in [4.78, 5) is 23.6. The van der Waals surface area contributed by atoms with Gasteiger partial charge in [0.2, 0.25) is 0 Å². The number of ether oxygens (including phenoxy) is 1. The maximum atomic E-state index is 11.8. The monoisotopic (exact) mass is 338 g/mol. The molecule has 130 valence electrons. The van der Waals surface area contributed by atoms with E-state index >= 15 is 0 Å². The molecule has 0 amide bonds. The van der Waals surface area contributed by atoms with Crippen LogP contribution in [0.2, 0.25) is 0 Å². The second-order valence-corrected chi connectivity index (χ2v) is 6.72. The summed E-state index contributed by atoms with van der Waals surface area (Å²) in [6.07, 6.45) is 3.27. The van der Waals surface area contributed by atoms with Crippen LogP contribution >= 0.6 is 0 Å². The third-order valence-corrected chi connectivity index (χ3v) is 3.44. The number of carbonyl (C=O) groups is 2. The molecule has 1 N–H and O–H groups in total. The molecule has 0 atom stereocenters. The van der Waals surface area contributed by atoms with Crippen LogP contribution in [0, 0.1) is 0 Å². The van der Waals surface area contributed by atoms with E-state index < -0.39 is 17.5 Å². The first kappa shape index (κ1) is 18.5. The Hall–Kier alpha value is -2.88. The molecule has 2 rings (SSSR count). The quantitative estimate of drug-likeness (QED) is 0.651. The van der Waals surface area contributed by atoms with Gasteiger partial charge < -0.3 is 9.84 Å². The molecule has 0 fully saturated rings. The maximum Gasteiger partial charge on any atom is 0.336 e. The van der Waals surface area contributed by atoms with Crippen molar-refractivity contribution in [2.45, 2.75) is 32.8 Å². The van der Waals surface area contributed by atoms with E-state index in [0.29, 0.717) is 17.5 Å². The van der Waals surface area contributed by atoms with E-state index in [4.69, 9.17) is 4.74 Å². The van der Waals surface area contributed by atoms with Crippen LogP contribution in [0.5, 0.6) is 0 Å². The fourth-order valence-electron chi connectivity index (χ4n) is 2.48. The Kier molecular flexibility index (Phi) is 5.75. The van der Waals surface area contributed by atoms with E-state index in [1.807, 2.05) is 30.3 Å². The third kappa shape index (κ3) is 5.60. The lowest BCUT2D eigenvalue weighted by molar-refractivity contribution is -0.148. The summed E-state index contributed by atoms with van der Waals surface area (Å²) >= 11 is 0. The second kappa shape index (κ2) is 7.79. The molecule has 4 nitrogen and oxygen atoms in total. The summed E-state index contributed by atoms with van der Waals surface area (Å²) in [7, 11) is 0. The number of carboxylic acid groups (broad SMARTS) is 1. The highest BCUT2D eigenvalue weighted by Gasteiger charge is 2.16. The van der Waals surface area contributed by atoms with Gasteiger partial charge in [-0.1, -0.05) is 48.5 Å². The molecular formula is C21H22O4. The van der Waals surface area contributed by atoms with Crippen LogP contribution in [-0.2, 0) is 16.0 Å². The van der Waals surface area contributed by atoms with E-state index in [-0.39, 0.29) is 5.56 Å². The van der Waals surface area contributed by atoms with Crippen molar-refractivity contribution in [3.8, 4) is 0 Å². The highest BCUT2D eigenvalue weighted by molar-refractivity contribution is 5.96. The standard InChI is InChI=1S/C21H22O4/c1-21(2,3)25-18(22)13-12-16-10-7-11-17(19(16)20(23)24)14-15-8-5-4-6-9-15/h4-13H,14H2,1-3H3,(H,23,24). The van der Waals surface area contributed by atoms with Gasteiger partial charge in [-0.3, -0.25) is 0 Å². The van der Waals surface area contributed by atoms with Crippen LogP contribution in [0.1, 0.15) is 47.8 Å². The van der Waals surface area contributed by atoms with Gasteiger partial charge in [-0.25, -0.2) is 9.59 Å². The molecule has 0 unspecified atom stereocenters. The van der Waals surface area contributed by atoms with Gasteiger partial charge in [0.1, 0.15) is 5.60 Å². The molecule has 0 saturated heterocycles. The van der Waals surface area contributed by atoms with Gasteiger partial charge in [-0.15, -0.1) is 0 Å². The molecule has 4 heteroatoms. The van der Waals surface area contributed by atoms with Crippen LogP contribution in [-0.4, -0.2) is 22.6 Å². The first-order valence-corrected chi connectivity index (χ1v) is 8.06. The van der Waals surface area contributed by atoms with Crippen molar-refractivity contribution in [1.82, 2.24) is 0 Å². The Labute approximate surface area is 147 Å². The summed E-state index contributed by atoms with van der Waals surface area (Å²) in [5, 5.41) is 9.63. The minimum atomic E-state index is -1.02. The Bertz CT molecular complexity index is 783. The lowest BCUT2D eigenvalue weighted by Gasteiger charge is -2.18. The highest BCUT2D eigenvalue weighted by Crippen LogP contribution is 2.20. The zero-order valence-corrected chi connectivity index (χ0v) is 14.7. The Balaban J connectivity index is 2.31. The average Bonchev–Trinajstić information content (AvgIpc) is 2.52. The summed E-state index contributed by atoms with van der Waals surface area (Å²) in [6.45, 7) is 5.34. The van der Waals surface area contributed by atoms with Crippen molar-refractivity contribution in [1.29, 1.82) is 0 Å². The molecule has 0 heterocycles. The lowest BCUT2D eigenvalue weighted by atomic mass is 9.95. The zero-order chi connectivity index (χ0) is 18.4. The Morgan fingerprint density at radius 2 is 1.72 bits per heavy atom. The molecule has 0 radical (unpaired) electrons. The van der Waals surface area contributed by atoms with Crippen molar-refractivity contribution in [3.05, 3.63) is 76.9 Å². The number of carboxylic acids is 1. The maximum absolute atomic E-state index is 11.8. The van der Waals surface area contributed by atoms with E-state index in [1.165, 1.54) is 12.2 Å². The molecular weight excluding hydrogens is 316 g/mol. The second-order valence-electron chi connectivity index (χ2n) is 6.72. The fourth-order valence-corrected chi connectivity index (χ4v) is 2.48. The number of hydrogen-bond acceptors (Lipinski definition) is 3. The molecule has 25 heavy (non-hydrogen) atoms. The van der Waals surface area contributed by atoms with Crippen LogP contribution in [0.15, 0.2) is 54.6 Å². The van der Waals surface area contributed by atoms with Crippen molar-refractivity contribution in [2.75, 3.05) is 0 Å². The minimum absolute atomic E-state index is 0.200. The normalized spacial score (nSPS) is 11.5. The van der Waals surface area contributed by atoms with Crippen LogP contribution < -0.4 is 0 Å². The third-order valence-electron chi connectivity index (χ3n) is 3.44. The number of aromatic carboxylic acids is 1. The zero-order valence-electron chi connectivity index (χ0n) is 14.7. The lowest BCUT2D eigenvalue weighted by Crippen LogP contribution is -2.22. The first-order valence-electron chi connectivity index (χ1n) is 8.06. The number of esters is 1. The van der Waals surface area contributed by atoms with E-state index in [2.05, 4.69) is 0 Å². The van der Waals surface area contributed by atoms with Gasteiger partial charge >= 0.3 is 11.9 Å². The fraction of sp³-hybridized carbons (Fsp3) is 0.238. The van der Waals surface area contributed by atoms with Gasteiger partial charge in [0.05, 0.1) is 5.56 Å². The van der Waals surface area contributed by atoms with E-state index in [9.17, 15) is 14.7 Å². The summed E-state index contributed by atoms with van der Waals surface area (Å²) in [5.41, 5.74) is 1.81. The molecule has 0 aromatic heterocycles. The van der Waals surface area contributed by atoms with E-state index in [1.54, 1.807) is 39.0 Å². The van der Waals surface area contributed by atoms with Crippen LogP contribution in [0.3, 0.4) is 0 Å². The van der Waals surface area contributed by atoms with Crippen molar-refractivity contribution in [3.63, 3.8) is 0 Å². The summed E-state index contributed by atoms with van der Waals surface area (Å²) in [5.74, 6) is -1.52. The van der Waals surface area contributed by atoms with Gasteiger partial charge in [0.25, 0.3) is 0 Å². The minimum Gasteiger partial charge on any atom is -0.478 e. The topological polar surface area (TPSA) is 63.6 Å². The molecule has 0 aliphatic carbocycles. The molecule has 0 bridgehead atoms. The van der Waals surface area contributed by atoms with Gasteiger partial charge in [-0.05, 0) is 50.0 Å². The molecule has 0 aliphatic heterocycles. The molecule has 2 aromatic rings. The number of carbonyl (C=O) groups excluding carboxylic acids is 1. The average molecular weight is 338 g/mol. The number of benzene rings is 2. The highest BCUT2D eigenvalue weighted by atomic mass is 16.6. The van der Waals surface area contributed by atoms with Crippen molar-refractivity contribution >= 4 is 18.0 Å². The molecule has 0 aliphatic rings. The Morgan fingerprint density at radius 3 is 2.32 bits per heavy atom. The van der Waals surface area contributed by atoms with Gasteiger partial charge in [0, 0.05) is 6.08 Å². The number of rotatable bonds is 5. The van der Waals surface area contributed by atoms with Gasteiger partial charge in [-0.2, -0.15) is 0 Å². The molecule has 2 aromatic carbocycles. The first-order chi connectivity index (χ1) is 11.8. The van der Waals surface area contributed by atoms with Gasteiger partial charge in [0.15, 0.2) is 0 Å². The summed E-state index contributed by atoms with van der Waals surface area (Å²) < 4.78 is 5.21. The molecule has 0 saturated carbocycles. The van der Waals surface area contributed by atoms with Crippen LogP contribution in [0.25, 0.3) is 6.08 Å². The SMILES string of the molecule is CC(C)(C)OC(=O)C=Cc1cccc(Cc2ccccc2)c1C(=O)O. The van der Waals surface area contributed by atoms with E-state index in [0.717, 1.165) is 5.56 Å². The molecule has 0 spiro atoms. The van der Waals surface area contributed by atoms with Crippen molar-refractivity contribution in [2.24, 2.45) is 0 Å².